The Bertz CT molecular complexity index is 1600. The Labute approximate surface area is 242 Å². The first-order valence-electron chi connectivity index (χ1n) is 12.6. The lowest BCUT2D eigenvalue weighted by molar-refractivity contribution is -0.117. The Balaban J connectivity index is 1.48. The molecule has 0 saturated heterocycles. The lowest BCUT2D eigenvalue weighted by Crippen LogP contribution is -2.32. The zero-order chi connectivity index (χ0) is 29.2. The number of carbonyl (C=O) groups is 3. The molecule has 4 rings (SSSR count). The molecule has 4 aromatic carbocycles. The summed E-state index contributed by atoms with van der Waals surface area (Å²) in [5, 5.41) is 6.99. The predicted octanol–water partition coefficient (Wildman–Crippen LogP) is 5.55. The predicted molar refractivity (Wildman–Crippen MR) is 161 cm³/mol. The van der Waals surface area contributed by atoms with Crippen molar-refractivity contribution in [3.05, 3.63) is 136 Å². The number of hydrazone groups is 1. The number of hydrogen-bond donors (Lipinski definition) is 2. The number of benzene rings is 4. The van der Waals surface area contributed by atoms with Crippen LogP contribution in [0.3, 0.4) is 0 Å². The van der Waals surface area contributed by atoms with Crippen LogP contribution in [0.2, 0.25) is 5.02 Å². The van der Waals surface area contributed by atoms with Crippen molar-refractivity contribution in [2.24, 2.45) is 5.10 Å². The number of hydrogen-bond acceptors (Lipinski definition) is 6. The van der Waals surface area contributed by atoms with Gasteiger partial charge in [-0.15, -0.1) is 0 Å². The summed E-state index contributed by atoms with van der Waals surface area (Å²) in [7, 11) is 3.86. The molecule has 0 saturated carbocycles. The minimum Gasteiger partial charge on any atom is -0.423 e. The maximum atomic E-state index is 13.1. The zero-order valence-corrected chi connectivity index (χ0v) is 23.1. The SMILES string of the molecule is CN(C)c1ccc(/C=C(\NC(=O)c2ccccc2)C(=O)N/N=C/c2cccc(OC(=O)c3ccccc3Cl)c2)cc1. The Morgan fingerprint density at radius 1 is 0.829 bits per heavy atom. The smallest absolute Gasteiger partial charge is 0.345 e. The Kier molecular flexibility index (Phi) is 9.64. The van der Waals surface area contributed by atoms with E-state index in [-0.39, 0.29) is 22.0 Å². The van der Waals surface area contributed by atoms with Crippen LogP contribution in [-0.4, -0.2) is 38.1 Å². The van der Waals surface area contributed by atoms with Crippen LogP contribution in [0.1, 0.15) is 31.8 Å². The van der Waals surface area contributed by atoms with E-state index in [1.165, 1.54) is 6.21 Å². The van der Waals surface area contributed by atoms with E-state index in [1.807, 2.05) is 43.3 Å². The normalized spacial score (nSPS) is 11.1. The molecule has 2 amide bonds. The van der Waals surface area contributed by atoms with Gasteiger partial charge in [0.25, 0.3) is 11.8 Å². The molecule has 0 unspecified atom stereocenters. The Hall–Kier alpha value is -5.21. The second-order valence-electron chi connectivity index (χ2n) is 9.01. The van der Waals surface area contributed by atoms with Crippen LogP contribution in [0.15, 0.2) is 114 Å². The molecule has 4 aromatic rings. The van der Waals surface area contributed by atoms with E-state index in [2.05, 4.69) is 15.8 Å². The third kappa shape index (κ3) is 8.14. The van der Waals surface area contributed by atoms with Gasteiger partial charge < -0.3 is 15.0 Å². The maximum absolute atomic E-state index is 13.1. The van der Waals surface area contributed by atoms with E-state index in [9.17, 15) is 14.4 Å². The fraction of sp³-hybridized carbons (Fsp3) is 0.0625. The van der Waals surface area contributed by atoms with Gasteiger partial charge in [-0.2, -0.15) is 5.10 Å². The summed E-state index contributed by atoms with van der Waals surface area (Å²) in [6.45, 7) is 0. The van der Waals surface area contributed by atoms with Crippen LogP contribution >= 0.6 is 11.6 Å². The molecule has 2 N–H and O–H groups in total. The largest absolute Gasteiger partial charge is 0.423 e. The van der Waals surface area contributed by atoms with E-state index < -0.39 is 17.8 Å². The lowest BCUT2D eigenvalue weighted by Gasteiger charge is -2.12. The molecule has 41 heavy (non-hydrogen) atoms. The average molecular weight is 567 g/mol. The van der Waals surface area contributed by atoms with Gasteiger partial charge in [-0.05, 0) is 65.7 Å². The number of halogens is 1. The van der Waals surface area contributed by atoms with Gasteiger partial charge in [0.2, 0.25) is 0 Å². The van der Waals surface area contributed by atoms with Gasteiger partial charge in [0.15, 0.2) is 0 Å². The molecule has 206 valence electrons. The standard InChI is InChI=1S/C32H27ClN4O4/c1-37(2)25-17-15-22(16-18-25)20-29(35-30(38)24-10-4-3-5-11-24)31(39)36-34-21-23-9-8-12-26(19-23)41-32(40)27-13-6-7-14-28(27)33/h3-21H,1-2H3,(H,35,38)(H,36,39)/b29-20-,34-21+. The van der Waals surface area contributed by atoms with Crippen molar-refractivity contribution in [2.45, 2.75) is 0 Å². The van der Waals surface area contributed by atoms with E-state index in [0.717, 1.165) is 5.69 Å². The van der Waals surface area contributed by atoms with Crippen LogP contribution in [-0.2, 0) is 4.79 Å². The highest BCUT2D eigenvalue weighted by Crippen LogP contribution is 2.19. The average Bonchev–Trinajstić information content (AvgIpc) is 2.98. The molecule has 0 spiro atoms. The molecular weight excluding hydrogens is 540 g/mol. The zero-order valence-electron chi connectivity index (χ0n) is 22.4. The molecule has 0 aliphatic carbocycles. The van der Waals surface area contributed by atoms with E-state index >= 15 is 0 Å². The summed E-state index contributed by atoms with van der Waals surface area (Å²) in [5.41, 5.74) is 5.37. The van der Waals surface area contributed by atoms with Crippen molar-refractivity contribution < 1.29 is 19.1 Å². The van der Waals surface area contributed by atoms with Crippen molar-refractivity contribution in [2.75, 3.05) is 19.0 Å². The topological polar surface area (TPSA) is 100 Å². The fourth-order valence-electron chi connectivity index (χ4n) is 3.65. The van der Waals surface area contributed by atoms with Crippen molar-refractivity contribution in [1.29, 1.82) is 0 Å². The number of nitrogens with one attached hydrogen (secondary N) is 2. The summed E-state index contributed by atoms with van der Waals surface area (Å²) < 4.78 is 5.43. The summed E-state index contributed by atoms with van der Waals surface area (Å²) in [6.07, 6.45) is 2.97. The van der Waals surface area contributed by atoms with Crippen molar-refractivity contribution in [3.63, 3.8) is 0 Å². The monoisotopic (exact) mass is 566 g/mol. The Morgan fingerprint density at radius 2 is 1.54 bits per heavy atom. The fourth-order valence-corrected chi connectivity index (χ4v) is 3.86. The third-order valence-corrected chi connectivity index (χ3v) is 6.12. The highest BCUT2D eigenvalue weighted by molar-refractivity contribution is 6.33. The van der Waals surface area contributed by atoms with E-state index in [4.69, 9.17) is 16.3 Å². The maximum Gasteiger partial charge on any atom is 0.345 e. The number of ether oxygens (including phenoxy) is 1. The first-order chi connectivity index (χ1) is 19.8. The van der Waals surface area contributed by atoms with Gasteiger partial charge in [0.1, 0.15) is 11.4 Å². The first-order valence-corrected chi connectivity index (χ1v) is 12.9. The molecule has 0 aromatic heterocycles. The van der Waals surface area contributed by atoms with Crippen LogP contribution < -0.4 is 20.4 Å². The molecule has 0 bridgehead atoms. The van der Waals surface area contributed by atoms with Gasteiger partial charge in [-0.25, -0.2) is 10.2 Å². The molecule has 0 heterocycles. The van der Waals surface area contributed by atoms with Gasteiger partial charge in [-0.1, -0.05) is 66.2 Å². The van der Waals surface area contributed by atoms with Crippen LogP contribution in [0, 0.1) is 0 Å². The third-order valence-electron chi connectivity index (χ3n) is 5.79. The number of carbonyl (C=O) groups excluding carboxylic acids is 3. The summed E-state index contributed by atoms with van der Waals surface area (Å²) >= 11 is 6.08. The van der Waals surface area contributed by atoms with E-state index in [0.29, 0.717) is 16.7 Å². The number of anilines is 1. The van der Waals surface area contributed by atoms with Gasteiger partial charge in [-0.3, -0.25) is 9.59 Å². The molecule has 0 radical (unpaired) electrons. The molecule has 8 nitrogen and oxygen atoms in total. The lowest BCUT2D eigenvalue weighted by atomic mass is 10.1. The number of amides is 2. The quantitative estimate of drug-likeness (QED) is 0.0910. The summed E-state index contributed by atoms with van der Waals surface area (Å²) in [4.78, 5) is 40.3. The molecule has 0 atom stereocenters. The number of rotatable bonds is 9. The van der Waals surface area contributed by atoms with Crippen LogP contribution in [0.4, 0.5) is 5.69 Å². The molecule has 0 aliphatic heterocycles. The second-order valence-corrected chi connectivity index (χ2v) is 9.41. The first kappa shape index (κ1) is 28.8. The molecule has 9 heteroatoms. The summed E-state index contributed by atoms with van der Waals surface area (Å²) in [5.74, 6) is -1.37. The van der Waals surface area contributed by atoms with Crippen molar-refractivity contribution in [1.82, 2.24) is 10.7 Å². The second kappa shape index (κ2) is 13.7. The van der Waals surface area contributed by atoms with Crippen molar-refractivity contribution in [3.8, 4) is 5.75 Å². The Morgan fingerprint density at radius 3 is 2.24 bits per heavy atom. The molecule has 0 fully saturated rings. The molecule has 0 aliphatic rings. The molecular formula is C32H27ClN4O4. The minimum atomic E-state index is -0.622. The van der Waals surface area contributed by atoms with Gasteiger partial charge >= 0.3 is 5.97 Å². The van der Waals surface area contributed by atoms with Crippen LogP contribution in [0.25, 0.3) is 6.08 Å². The number of esters is 1. The number of nitrogens with zero attached hydrogens (tertiary/aromatic N) is 2. The summed E-state index contributed by atoms with van der Waals surface area (Å²) in [6, 6.07) is 29.3. The van der Waals surface area contributed by atoms with Crippen LogP contribution in [0.5, 0.6) is 5.75 Å². The highest BCUT2D eigenvalue weighted by atomic mass is 35.5. The highest BCUT2D eigenvalue weighted by Gasteiger charge is 2.15. The van der Waals surface area contributed by atoms with Gasteiger partial charge in [0, 0.05) is 25.3 Å². The van der Waals surface area contributed by atoms with E-state index in [1.54, 1.807) is 84.9 Å². The minimum absolute atomic E-state index is 0.0102. The van der Waals surface area contributed by atoms with Gasteiger partial charge in [0.05, 0.1) is 16.8 Å². The van der Waals surface area contributed by atoms with Crippen molar-refractivity contribution >= 4 is 47.4 Å².